The molecule has 1 N–H and O–H groups in total. The lowest BCUT2D eigenvalue weighted by molar-refractivity contribution is -0.146. The molecular formula is C12H13FO3. The summed E-state index contributed by atoms with van der Waals surface area (Å²) in [6.45, 7) is 0. The molecular weight excluding hydrogens is 211 g/mol. The number of carboxylic acids is 1. The smallest absolute Gasteiger partial charge is 0.312 e. The molecule has 3 nitrogen and oxygen atoms in total. The zero-order valence-corrected chi connectivity index (χ0v) is 8.94. The van der Waals surface area contributed by atoms with Crippen molar-refractivity contribution in [3.05, 3.63) is 29.8 Å². The lowest BCUT2D eigenvalue weighted by atomic mass is 9.94. The molecule has 0 radical (unpaired) electrons. The Morgan fingerprint density at radius 3 is 2.38 bits per heavy atom. The third-order valence-corrected chi connectivity index (χ3v) is 3.11. The number of alkyl halides is 1. The number of aliphatic carboxylic acids is 1. The Morgan fingerprint density at radius 2 is 2.00 bits per heavy atom. The molecule has 1 fully saturated rings. The molecule has 1 aliphatic rings. The maximum Gasteiger partial charge on any atom is 0.312 e. The number of hydrogen-bond acceptors (Lipinski definition) is 2. The summed E-state index contributed by atoms with van der Waals surface area (Å²) in [5.74, 6) is -0.410. The number of hydrogen-bond donors (Lipinski definition) is 1. The number of halogens is 1. The molecule has 1 saturated carbocycles. The SMILES string of the molecule is COc1ccc(C(F)C2(C(=O)O)CC2)cc1. The van der Waals surface area contributed by atoms with E-state index in [0.29, 0.717) is 24.2 Å². The van der Waals surface area contributed by atoms with Gasteiger partial charge in [-0.05, 0) is 30.5 Å². The van der Waals surface area contributed by atoms with Crippen LogP contribution in [-0.2, 0) is 4.79 Å². The number of ether oxygens (including phenoxy) is 1. The van der Waals surface area contributed by atoms with Gasteiger partial charge in [0.1, 0.15) is 17.3 Å². The molecule has 0 bridgehead atoms. The fourth-order valence-corrected chi connectivity index (χ4v) is 1.80. The topological polar surface area (TPSA) is 46.5 Å². The Balaban J connectivity index is 2.21. The Bertz CT molecular complexity index is 395. The van der Waals surface area contributed by atoms with Crippen LogP contribution < -0.4 is 4.74 Å². The van der Waals surface area contributed by atoms with Gasteiger partial charge in [-0.1, -0.05) is 12.1 Å². The van der Waals surface area contributed by atoms with Gasteiger partial charge in [0.25, 0.3) is 0 Å². The molecule has 86 valence electrons. The van der Waals surface area contributed by atoms with E-state index in [-0.39, 0.29) is 0 Å². The van der Waals surface area contributed by atoms with Crippen LogP contribution in [0.25, 0.3) is 0 Å². The van der Waals surface area contributed by atoms with Gasteiger partial charge in [0.05, 0.1) is 7.11 Å². The highest BCUT2D eigenvalue weighted by molar-refractivity contribution is 5.79. The molecule has 1 aromatic carbocycles. The standard InChI is InChI=1S/C12H13FO3/c1-16-9-4-2-8(3-5-9)10(13)12(6-7-12)11(14)15/h2-5,10H,6-7H2,1H3,(H,14,15). The second-order valence-corrected chi connectivity index (χ2v) is 4.10. The fraction of sp³-hybridized carbons (Fsp3) is 0.417. The Labute approximate surface area is 92.9 Å². The van der Waals surface area contributed by atoms with E-state index in [1.807, 2.05) is 0 Å². The first-order valence-electron chi connectivity index (χ1n) is 5.11. The van der Waals surface area contributed by atoms with Gasteiger partial charge in [-0.25, -0.2) is 4.39 Å². The van der Waals surface area contributed by atoms with Gasteiger partial charge in [-0.3, -0.25) is 4.79 Å². The van der Waals surface area contributed by atoms with E-state index in [0.717, 1.165) is 0 Å². The third kappa shape index (κ3) is 1.64. The highest BCUT2D eigenvalue weighted by Crippen LogP contribution is 2.57. The Morgan fingerprint density at radius 1 is 1.44 bits per heavy atom. The van der Waals surface area contributed by atoms with E-state index in [2.05, 4.69) is 0 Å². The van der Waals surface area contributed by atoms with Crippen LogP contribution in [-0.4, -0.2) is 18.2 Å². The van der Waals surface area contributed by atoms with Crippen LogP contribution in [0.4, 0.5) is 4.39 Å². The highest BCUT2D eigenvalue weighted by atomic mass is 19.1. The van der Waals surface area contributed by atoms with Crippen molar-refractivity contribution >= 4 is 5.97 Å². The van der Waals surface area contributed by atoms with Crippen molar-refractivity contribution in [2.24, 2.45) is 5.41 Å². The van der Waals surface area contributed by atoms with Gasteiger partial charge in [-0.15, -0.1) is 0 Å². The Hall–Kier alpha value is -1.58. The quantitative estimate of drug-likeness (QED) is 0.854. The molecule has 16 heavy (non-hydrogen) atoms. The third-order valence-electron chi connectivity index (χ3n) is 3.11. The van der Waals surface area contributed by atoms with Crippen LogP contribution in [0.5, 0.6) is 5.75 Å². The van der Waals surface area contributed by atoms with Crippen molar-refractivity contribution in [2.45, 2.75) is 19.0 Å². The van der Waals surface area contributed by atoms with Crippen LogP contribution in [0.1, 0.15) is 24.6 Å². The van der Waals surface area contributed by atoms with Gasteiger partial charge in [0.2, 0.25) is 0 Å². The van der Waals surface area contributed by atoms with E-state index in [1.54, 1.807) is 24.3 Å². The minimum Gasteiger partial charge on any atom is -0.497 e. The van der Waals surface area contributed by atoms with E-state index < -0.39 is 17.6 Å². The molecule has 0 amide bonds. The van der Waals surface area contributed by atoms with Crippen molar-refractivity contribution in [2.75, 3.05) is 7.11 Å². The molecule has 1 aromatic rings. The van der Waals surface area contributed by atoms with E-state index in [4.69, 9.17) is 9.84 Å². The summed E-state index contributed by atoms with van der Waals surface area (Å²) >= 11 is 0. The van der Waals surface area contributed by atoms with E-state index in [9.17, 15) is 9.18 Å². The predicted molar refractivity (Wildman–Crippen MR) is 56.1 cm³/mol. The van der Waals surface area contributed by atoms with Crippen LogP contribution >= 0.6 is 0 Å². The highest BCUT2D eigenvalue weighted by Gasteiger charge is 2.57. The molecule has 0 saturated heterocycles. The van der Waals surface area contributed by atoms with Crippen LogP contribution in [0, 0.1) is 5.41 Å². The van der Waals surface area contributed by atoms with Gasteiger partial charge in [-0.2, -0.15) is 0 Å². The summed E-state index contributed by atoms with van der Waals surface area (Å²) in [5.41, 5.74) is -0.782. The average Bonchev–Trinajstić information content (AvgIpc) is 3.09. The number of methoxy groups -OCH3 is 1. The average molecular weight is 224 g/mol. The maximum absolute atomic E-state index is 14.0. The fourth-order valence-electron chi connectivity index (χ4n) is 1.80. The minimum atomic E-state index is -1.43. The first-order chi connectivity index (χ1) is 7.60. The number of rotatable bonds is 4. The van der Waals surface area contributed by atoms with Gasteiger partial charge in [0, 0.05) is 0 Å². The Kier molecular flexibility index (Phi) is 2.58. The first kappa shape index (κ1) is 10.9. The molecule has 1 aliphatic carbocycles. The zero-order valence-electron chi connectivity index (χ0n) is 8.94. The van der Waals surface area contributed by atoms with E-state index >= 15 is 0 Å². The number of carbonyl (C=O) groups is 1. The molecule has 0 heterocycles. The van der Waals surface area contributed by atoms with Crippen LogP contribution in [0.15, 0.2) is 24.3 Å². The molecule has 0 aromatic heterocycles. The van der Waals surface area contributed by atoms with E-state index in [1.165, 1.54) is 7.11 Å². The molecule has 0 aliphatic heterocycles. The summed E-state index contributed by atoms with van der Waals surface area (Å²) in [6, 6.07) is 6.43. The molecule has 4 heteroatoms. The summed E-state index contributed by atoms with van der Waals surface area (Å²) in [5, 5.41) is 8.97. The number of carboxylic acid groups (broad SMARTS) is 1. The van der Waals surface area contributed by atoms with Crippen molar-refractivity contribution in [3.8, 4) is 5.75 Å². The molecule has 2 rings (SSSR count). The van der Waals surface area contributed by atoms with Crippen LogP contribution in [0.3, 0.4) is 0 Å². The summed E-state index contributed by atoms with van der Waals surface area (Å²) < 4.78 is 19.0. The molecule has 0 spiro atoms. The zero-order chi connectivity index (χ0) is 11.8. The summed E-state index contributed by atoms with van der Waals surface area (Å²) in [6.07, 6.45) is -0.610. The monoisotopic (exact) mass is 224 g/mol. The lowest BCUT2D eigenvalue weighted by Crippen LogP contribution is -2.20. The van der Waals surface area contributed by atoms with Gasteiger partial charge in [0.15, 0.2) is 0 Å². The van der Waals surface area contributed by atoms with Crippen molar-refractivity contribution < 1.29 is 19.0 Å². The second-order valence-electron chi connectivity index (χ2n) is 4.10. The summed E-state index contributed by atoms with van der Waals surface area (Å²) in [7, 11) is 1.53. The summed E-state index contributed by atoms with van der Waals surface area (Å²) in [4.78, 5) is 11.0. The van der Waals surface area contributed by atoms with Crippen molar-refractivity contribution in [1.29, 1.82) is 0 Å². The lowest BCUT2D eigenvalue weighted by Gasteiger charge is -2.16. The van der Waals surface area contributed by atoms with Crippen LogP contribution in [0.2, 0.25) is 0 Å². The maximum atomic E-state index is 14.0. The van der Waals surface area contributed by atoms with Crippen molar-refractivity contribution in [3.63, 3.8) is 0 Å². The second kappa shape index (κ2) is 3.77. The first-order valence-corrected chi connectivity index (χ1v) is 5.11. The molecule has 1 atom stereocenters. The van der Waals surface area contributed by atoms with Gasteiger partial charge >= 0.3 is 5.97 Å². The van der Waals surface area contributed by atoms with Gasteiger partial charge < -0.3 is 9.84 Å². The number of benzene rings is 1. The normalized spacial score (nSPS) is 18.9. The largest absolute Gasteiger partial charge is 0.497 e. The molecule has 1 unspecified atom stereocenters. The predicted octanol–water partition coefficient (Wildman–Crippen LogP) is 2.57. The minimum absolute atomic E-state index is 0.403. The van der Waals surface area contributed by atoms with Crippen molar-refractivity contribution in [1.82, 2.24) is 0 Å².